The number of nitrogens with zero attached hydrogens (tertiary/aromatic N) is 1. The van der Waals surface area contributed by atoms with Crippen LogP contribution in [0.1, 0.15) is 24.5 Å². The van der Waals surface area contributed by atoms with Crippen molar-refractivity contribution in [3.05, 3.63) is 65.7 Å². The second kappa shape index (κ2) is 8.12. The summed E-state index contributed by atoms with van der Waals surface area (Å²) in [4.78, 5) is 3.62. The Bertz CT molecular complexity index is 692. The number of nitrogens with one attached hydrogen (secondary N) is 1. The fourth-order valence-corrected chi connectivity index (χ4v) is 3.66. The molecule has 1 heterocycles. The first kappa shape index (κ1) is 18.8. The largest absolute Gasteiger partial charge is 0.416 e. The van der Waals surface area contributed by atoms with Crippen LogP contribution in [0.3, 0.4) is 0 Å². The van der Waals surface area contributed by atoms with Gasteiger partial charge in [-0.25, -0.2) is 0 Å². The van der Waals surface area contributed by atoms with Gasteiger partial charge in [-0.15, -0.1) is 0 Å². The smallest absolute Gasteiger partial charge is 0.360 e. The van der Waals surface area contributed by atoms with Gasteiger partial charge < -0.3 is 9.80 Å². The Morgan fingerprint density at radius 2 is 1.69 bits per heavy atom. The third kappa shape index (κ3) is 4.79. The Balaban J connectivity index is 1.52. The highest BCUT2D eigenvalue weighted by molar-refractivity contribution is 5.49. The first-order valence-electron chi connectivity index (χ1n) is 9.24. The van der Waals surface area contributed by atoms with Crippen LogP contribution in [0.2, 0.25) is 0 Å². The maximum Gasteiger partial charge on any atom is 0.416 e. The minimum atomic E-state index is -4.28. The molecule has 0 radical (unpaired) electrons. The molecule has 0 bridgehead atoms. The van der Waals surface area contributed by atoms with E-state index in [1.165, 1.54) is 17.7 Å². The summed E-state index contributed by atoms with van der Waals surface area (Å²) in [5, 5.41) is 0. The van der Waals surface area contributed by atoms with Gasteiger partial charge in [-0.2, -0.15) is 13.2 Å². The number of piperazine rings is 1. The van der Waals surface area contributed by atoms with Crippen molar-refractivity contribution in [3.8, 4) is 0 Å². The molecule has 1 aliphatic heterocycles. The first-order chi connectivity index (χ1) is 12.4. The summed E-state index contributed by atoms with van der Waals surface area (Å²) in [5.41, 5.74) is 1.47. The van der Waals surface area contributed by atoms with Gasteiger partial charge in [0, 0.05) is 12.1 Å². The van der Waals surface area contributed by atoms with Crippen LogP contribution >= 0.6 is 0 Å². The topological polar surface area (TPSA) is 7.68 Å². The summed E-state index contributed by atoms with van der Waals surface area (Å²) >= 11 is 0. The zero-order valence-electron chi connectivity index (χ0n) is 15.1. The molecule has 1 aliphatic rings. The van der Waals surface area contributed by atoms with E-state index in [4.69, 9.17) is 0 Å². The molecular formula is C21H26F3N2+. The van der Waals surface area contributed by atoms with Crippen molar-refractivity contribution in [1.82, 2.24) is 0 Å². The van der Waals surface area contributed by atoms with Crippen LogP contribution in [0, 0.1) is 0 Å². The van der Waals surface area contributed by atoms with Crippen molar-refractivity contribution in [2.75, 3.05) is 31.1 Å². The standard InChI is InChI=1S/C21H25F3N2/c1-17(10-11-18-6-3-2-4-7-18)25-12-14-26(15-13-25)20-9-5-8-19(16-20)21(22,23)24/h2-9,16-17H,10-15H2,1H3/p+1/t17-/m0/s1. The van der Waals surface area contributed by atoms with E-state index in [9.17, 15) is 13.2 Å². The minimum Gasteiger partial charge on any atom is -0.360 e. The highest BCUT2D eigenvalue weighted by Gasteiger charge is 2.31. The van der Waals surface area contributed by atoms with Crippen LogP contribution in [0.4, 0.5) is 18.9 Å². The molecule has 1 fully saturated rings. The molecule has 5 heteroatoms. The van der Waals surface area contributed by atoms with Crippen LogP contribution in [0.25, 0.3) is 0 Å². The van der Waals surface area contributed by atoms with E-state index in [0.29, 0.717) is 11.7 Å². The maximum absolute atomic E-state index is 12.9. The van der Waals surface area contributed by atoms with Gasteiger partial charge >= 0.3 is 6.18 Å². The molecule has 0 amide bonds. The molecule has 0 spiro atoms. The number of anilines is 1. The number of alkyl halides is 3. The highest BCUT2D eigenvalue weighted by atomic mass is 19.4. The third-order valence-electron chi connectivity index (χ3n) is 5.35. The highest BCUT2D eigenvalue weighted by Crippen LogP contribution is 2.31. The van der Waals surface area contributed by atoms with Crippen LogP contribution < -0.4 is 9.80 Å². The Kier molecular flexibility index (Phi) is 5.87. The first-order valence-corrected chi connectivity index (χ1v) is 9.24. The Labute approximate surface area is 153 Å². The predicted octanol–water partition coefficient (Wildman–Crippen LogP) is 3.43. The molecule has 0 unspecified atom stereocenters. The fourth-order valence-electron chi connectivity index (χ4n) is 3.66. The average Bonchev–Trinajstić information content (AvgIpc) is 2.66. The minimum absolute atomic E-state index is 0.555. The molecule has 2 aromatic carbocycles. The van der Waals surface area contributed by atoms with Crippen molar-refractivity contribution < 1.29 is 18.1 Å². The second-order valence-electron chi connectivity index (χ2n) is 7.12. The number of aryl methyl sites for hydroxylation is 1. The number of halogens is 3. The van der Waals surface area contributed by atoms with Crippen molar-refractivity contribution in [3.63, 3.8) is 0 Å². The lowest BCUT2D eigenvalue weighted by Gasteiger charge is -2.36. The fraction of sp³-hybridized carbons (Fsp3) is 0.429. The number of hydrogen-bond donors (Lipinski definition) is 1. The molecule has 140 valence electrons. The summed E-state index contributed by atoms with van der Waals surface area (Å²) in [7, 11) is 0. The van der Waals surface area contributed by atoms with Gasteiger partial charge in [0.25, 0.3) is 0 Å². The zero-order valence-corrected chi connectivity index (χ0v) is 15.1. The van der Waals surface area contributed by atoms with E-state index in [0.717, 1.165) is 45.1 Å². The molecular weight excluding hydrogens is 337 g/mol. The van der Waals surface area contributed by atoms with Gasteiger partial charge in [0.1, 0.15) is 0 Å². The van der Waals surface area contributed by atoms with E-state index in [2.05, 4.69) is 36.1 Å². The molecule has 26 heavy (non-hydrogen) atoms. The normalized spacial score (nSPS) is 17.3. The lowest BCUT2D eigenvalue weighted by atomic mass is 10.0. The molecule has 1 saturated heterocycles. The molecule has 0 aromatic heterocycles. The van der Waals surface area contributed by atoms with E-state index in [1.807, 2.05) is 6.07 Å². The van der Waals surface area contributed by atoms with E-state index in [1.54, 1.807) is 11.0 Å². The van der Waals surface area contributed by atoms with Crippen molar-refractivity contribution >= 4 is 5.69 Å². The maximum atomic E-state index is 12.9. The Morgan fingerprint density at radius 1 is 1.00 bits per heavy atom. The van der Waals surface area contributed by atoms with Crippen LogP contribution in [-0.2, 0) is 12.6 Å². The quantitative estimate of drug-likeness (QED) is 0.855. The number of hydrogen-bond acceptors (Lipinski definition) is 1. The van der Waals surface area contributed by atoms with Crippen LogP contribution in [0.15, 0.2) is 54.6 Å². The molecule has 1 N–H and O–H groups in total. The molecule has 0 aliphatic carbocycles. The van der Waals surface area contributed by atoms with Crippen molar-refractivity contribution in [2.24, 2.45) is 0 Å². The predicted molar refractivity (Wildman–Crippen MR) is 98.6 cm³/mol. The second-order valence-corrected chi connectivity index (χ2v) is 7.12. The zero-order chi connectivity index (χ0) is 18.6. The van der Waals surface area contributed by atoms with Gasteiger partial charge in [-0.3, -0.25) is 0 Å². The van der Waals surface area contributed by atoms with E-state index >= 15 is 0 Å². The molecule has 2 nitrogen and oxygen atoms in total. The van der Waals surface area contributed by atoms with Crippen LogP contribution in [-0.4, -0.2) is 32.2 Å². The number of quaternary nitrogens is 1. The summed E-state index contributed by atoms with van der Waals surface area (Å²) in [6.45, 7) is 5.80. The summed E-state index contributed by atoms with van der Waals surface area (Å²) < 4.78 is 38.7. The molecule has 3 rings (SSSR count). The number of benzene rings is 2. The van der Waals surface area contributed by atoms with Gasteiger partial charge in [-0.05, 0) is 37.1 Å². The van der Waals surface area contributed by atoms with Gasteiger partial charge in [-0.1, -0.05) is 36.4 Å². The van der Waals surface area contributed by atoms with Gasteiger partial charge in [0.05, 0.1) is 37.8 Å². The van der Waals surface area contributed by atoms with E-state index < -0.39 is 11.7 Å². The summed E-state index contributed by atoms with van der Waals surface area (Å²) in [5.74, 6) is 0. The lowest BCUT2D eigenvalue weighted by Crippen LogP contribution is -3.18. The van der Waals surface area contributed by atoms with Gasteiger partial charge in [0.15, 0.2) is 0 Å². The van der Waals surface area contributed by atoms with Crippen molar-refractivity contribution in [2.45, 2.75) is 32.0 Å². The SMILES string of the molecule is C[C@@H](CCc1ccccc1)[NH+]1CCN(c2cccc(C(F)(F)F)c2)CC1. The third-order valence-corrected chi connectivity index (χ3v) is 5.35. The van der Waals surface area contributed by atoms with Gasteiger partial charge in [0.2, 0.25) is 0 Å². The lowest BCUT2D eigenvalue weighted by molar-refractivity contribution is -0.924. The van der Waals surface area contributed by atoms with E-state index in [-0.39, 0.29) is 0 Å². The molecule has 1 atom stereocenters. The monoisotopic (exact) mass is 363 g/mol. The Hall–Kier alpha value is -2.01. The summed E-state index contributed by atoms with van der Waals surface area (Å²) in [6, 6.07) is 16.7. The van der Waals surface area contributed by atoms with Crippen molar-refractivity contribution in [1.29, 1.82) is 0 Å². The summed E-state index contributed by atoms with van der Waals surface area (Å²) in [6.07, 6.45) is -2.08. The molecule has 0 saturated carbocycles. The molecule has 2 aromatic rings. The Morgan fingerprint density at radius 3 is 2.35 bits per heavy atom. The number of rotatable bonds is 5. The average molecular weight is 363 g/mol. The van der Waals surface area contributed by atoms with Crippen LogP contribution in [0.5, 0.6) is 0 Å².